The third kappa shape index (κ3) is 10.4. The van der Waals surface area contributed by atoms with E-state index in [1.54, 1.807) is 0 Å². The van der Waals surface area contributed by atoms with Crippen molar-refractivity contribution in [3.05, 3.63) is 287 Å². The zero-order chi connectivity index (χ0) is 53.0. The molecule has 8 aromatic rings. The number of carbonyl (C=O) groups excluding carboxylic acids is 4. The highest BCUT2D eigenvalue weighted by Crippen LogP contribution is 2.56. The van der Waals surface area contributed by atoms with Gasteiger partial charge in [-0.1, -0.05) is 243 Å². The molecule has 0 saturated heterocycles. The number of allylic oxidation sites excluding steroid dienone is 4. The lowest BCUT2D eigenvalue weighted by molar-refractivity contribution is -0.152. The minimum absolute atomic E-state index is 0.492. The van der Waals surface area contributed by atoms with E-state index in [4.69, 9.17) is 18.9 Å². The number of esters is 4. The van der Waals surface area contributed by atoms with Crippen LogP contribution in [0, 0.1) is 23.7 Å². The van der Waals surface area contributed by atoms with Gasteiger partial charge in [0.05, 0.1) is 28.4 Å². The lowest BCUT2D eigenvalue weighted by Gasteiger charge is -2.37. The van der Waals surface area contributed by atoms with Crippen molar-refractivity contribution in [3.63, 3.8) is 0 Å². The minimum atomic E-state index is -0.923. The first kappa shape index (κ1) is 51.5. The summed E-state index contributed by atoms with van der Waals surface area (Å²) in [5.41, 5.74) is 13.6. The molecule has 0 aliphatic heterocycles. The van der Waals surface area contributed by atoms with Gasteiger partial charge in [0.25, 0.3) is 0 Å². The van der Waals surface area contributed by atoms with Crippen LogP contribution < -0.4 is 0 Å². The number of benzene rings is 8. The maximum Gasteiger partial charge on any atom is 0.314 e. The highest BCUT2D eigenvalue weighted by molar-refractivity contribution is 6.29. The van der Waals surface area contributed by atoms with Crippen molar-refractivity contribution in [1.82, 2.24) is 0 Å². The molecule has 0 heterocycles. The van der Waals surface area contributed by atoms with E-state index in [9.17, 15) is 19.2 Å². The molecule has 0 fully saturated rings. The van der Waals surface area contributed by atoms with Crippen molar-refractivity contribution < 1.29 is 38.1 Å². The summed E-state index contributed by atoms with van der Waals surface area (Å²) in [6.45, 7) is 0. The quantitative estimate of drug-likeness (QED) is 0.0880. The zero-order valence-corrected chi connectivity index (χ0v) is 42.7. The number of hydrogen-bond donors (Lipinski definition) is 0. The normalized spacial score (nSPS) is 17.2. The van der Waals surface area contributed by atoms with E-state index in [1.807, 2.05) is 243 Å². The fraction of sp³-hybridized carbons (Fsp3) is 0.118. The fourth-order valence-corrected chi connectivity index (χ4v) is 10.7. The van der Waals surface area contributed by atoms with Gasteiger partial charge in [-0.2, -0.15) is 0 Å². The van der Waals surface area contributed by atoms with Crippen molar-refractivity contribution in [2.75, 3.05) is 28.4 Å². The maximum absolute atomic E-state index is 13.7. The number of ether oxygens (including phenoxy) is 4. The largest absolute Gasteiger partial charge is 0.469 e. The monoisotopic (exact) mass is 1000 g/mol. The lowest BCUT2D eigenvalue weighted by Crippen LogP contribution is -2.36. The van der Waals surface area contributed by atoms with Crippen LogP contribution in [0.2, 0.25) is 0 Å². The fourth-order valence-electron chi connectivity index (χ4n) is 10.7. The van der Waals surface area contributed by atoms with E-state index in [2.05, 4.69) is 0 Å². The number of methoxy groups -OCH3 is 4. The highest BCUT2D eigenvalue weighted by atomic mass is 16.5. The van der Waals surface area contributed by atoms with Crippen LogP contribution in [0.1, 0.15) is 44.5 Å². The van der Waals surface area contributed by atoms with Gasteiger partial charge in [-0.15, -0.1) is 0 Å². The van der Waals surface area contributed by atoms with Crippen molar-refractivity contribution >= 4 is 68.5 Å². The van der Waals surface area contributed by atoms with Gasteiger partial charge in [-0.3, -0.25) is 19.2 Å². The second-order valence-corrected chi connectivity index (χ2v) is 18.1. The molecule has 0 unspecified atom stereocenters. The Bertz CT molecular complexity index is 2980. The van der Waals surface area contributed by atoms with Gasteiger partial charge in [0, 0.05) is 0 Å². The Labute approximate surface area is 443 Å². The summed E-state index contributed by atoms with van der Waals surface area (Å²) in [4.78, 5) is 54.8. The van der Waals surface area contributed by atoms with Crippen LogP contribution in [0.5, 0.6) is 0 Å². The first-order valence-electron chi connectivity index (χ1n) is 25.0. The molecular weight excluding hydrogens is 945 g/mol. The first-order chi connectivity index (χ1) is 37.3. The lowest BCUT2D eigenvalue weighted by atomic mass is 9.65. The Balaban J connectivity index is 0.000000186. The van der Waals surface area contributed by atoms with E-state index in [-0.39, 0.29) is 0 Å². The molecule has 0 N–H and O–H groups in total. The number of carbonyl (C=O) groups is 4. The van der Waals surface area contributed by atoms with E-state index in [1.165, 1.54) is 28.4 Å². The molecule has 0 saturated carbocycles. The van der Waals surface area contributed by atoms with Crippen LogP contribution in [0.4, 0.5) is 0 Å². The van der Waals surface area contributed by atoms with Gasteiger partial charge in [0.2, 0.25) is 0 Å². The zero-order valence-electron chi connectivity index (χ0n) is 42.7. The molecule has 0 radical (unpaired) electrons. The van der Waals surface area contributed by atoms with Crippen LogP contribution in [0.3, 0.4) is 0 Å². The van der Waals surface area contributed by atoms with Gasteiger partial charge in [0.1, 0.15) is 23.7 Å². The predicted octanol–water partition coefficient (Wildman–Crippen LogP) is 13.6. The van der Waals surface area contributed by atoms with Crippen LogP contribution in [-0.4, -0.2) is 52.3 Å². The van der Waals surface area contributed by atoms with Gasteiger partial charge in [-0.05, 0) is 89.1 Å². The van der Waals surface area contributed by atoms with Crippen LogP contribution in [0.15, 0.2) is 243 Å². The molecule has 0 aromatic heterocycles. The van der Waals surface area contributed by atoms with Crippen molar-refractivity contribution in [2.45, 2.75) is 0 Å². The summed E-state index contributed by atoms with van der Waals surface area (Å²) in [6, 6.07) is 79.0. The first-order valence-corrected chi connectivity index (χ1v) is 25.0. The Morgan fingerprint density at radius 1 is 0.224 bits per heavy atom. The molecule has 8 heteroatoms. The second kappa shape index (κ2) is 24.1. The minimum Gasteiger partial charge on any atom is -0.469 e. The topological polar surface area (TPSA) is 105 Å². The molecule has 376 valence electrons. The Morgan fingerprint density at radius 3 is 0.487 bits per heavy atom. The van der Waals surface area contributed by atoms with Crippen molar-refractivity contribution in [3.8, 4) is 0 Å². The molecule has 76 heavy (non-hydrogen) atoms. The van der Waals surface area contributed by atoms with Crippen LogP contribution >= 0.6 is 0 Å². The van der Waals surface area contributed by atoms with E-state index >= 15 is 0 Å². The number of rotatable bonds is 12. The predicted molar refractivity (Wildman–Crippen MR) is 301 cm³/mol. The SMILES string of the molecule is COC(=O)[C@@H]1C(c2ccccc2)=C(c2ccccc2)C(c2ccccc2)=C(c2ccccc2)[C@@H]1C(=O)OC.COC(=O)[C@@H]1C(c2ccccc2)=C(c2ccccc2)C(c2ccccc2)=C(c2ccccc2)[C@@H]1C(=O)OC. The van der Waals surface area contributed by atoms with E-state index < -0.39 is 47.5 Å². The summed E-state index contributed by atoms with van der Waals surface area (Å²) < 4.78 is 21.5. The third-order valence-corrected chi connectivity index (χ3v) is 13.9. The molecule has 2 aliphatic carbocycles. The molecule has 0 bridgehead atoms. The Hall–Kier alpha value is -9.40. The summed E-state index contributed by atoms with van der Waals surface area (Å²) >= 11 is 0. The van der Waals surface area contributed by atoms with E-state index in [0.29, 0.717) is 0 Å². The molecule has 10 rings (SSSR count). The third-order valence-electron chi connectivity index (χ3n) is 13.9. The summed E-state index contributed by atoms with van der Waals surface area (Å²) in [6.07, 6.45) is 0. The highest BCUT2D eigenvalue weighted by Gasteiger charge is 2.49. The molecule has 0 amide bonds. The molecule has 0 spiro atoms. The van der Waals surface area contributed by atoms with Crippen LogP contribution in [0.25, 0.3) is 44.6 Å². The molecular formula is C68H56O8. The standard InChI is InChI=1S/2C34H28O4/c2*1-37-33(35)31-29(25-19-11-5-12-20-25)27(23-15-7-3-8-16-23)28(24-17-9-4-10-18-24)30(32(31)34(36)38-2)26-21-13-6-14-22-26/h2*3-22,31-32H,1-2H3/t2*31-,32+. The van der Waals surface area contributed by atoms with Crippen LogP contribution in [-0.2, 0) is 38.1 Å². The van der Waals surface area contributed by atoms with Gasteiger partial charge >= 0.3 is 23.9 Å². The average Bonchev–Trinajstić information content (AvgIpc) is 3.64. The number of hydrogen-bond acceptors (Lipinski definition) is 8. The summed E-state index contributed by atoms with van der Waals surface area (Å²) in [5.74, 6) is -5.66. The summed E-state index contributed by atoms with van der Waals surface area (Å²) in [5, 5.41) is 0. The summed E-state index contributed by atoms with van der Waals surface area (Å²) in [7, 11) is 5.44. The molecule has 8 aromatic carbocycles. The molecule has 2 aliphatic rings. The molecule has 4 atom stereocenters. The van der Waals surface area contributed by atoms with Gasteiger partial charge < -0.3 is 18.9 Å². The van der Waals surface area contributed by atoms with Crippen molar-refractivity contribution in [2.24, 2.45) is 23.7 Å². The van der Waals surface area contributed by atoms with Gasteiger partial charge in [-0.25, -0.2) is 0 Å². The molecule has 8 nitrogen and oxygen atoms in total. The average molecular weight is 1000 g/mol. The maximum atomic E-state index is 13.7. The van der Waals surface area contributed by atoms with Gasteiger partial charge in [0.15, 0.2) is 0 Å². The smallest absolute Gasteiger partial charge is 0.314 e. The van der Waals surface area contributed by atoms with Crippen molar-refractivity contribution in [1.29, 1.82) is 0 Å². The Morgan fingerprint density at radius 2 is 0.355 bits per heavy atom. The second-order valence-electron chi connectivity index (χ2n) is 18.1. The Kier molecular flexibility index (Phi) is 16.3. The van der Waals surface area contributed by atoms with E-state index in [0.717, 1.165) is 89.1 Å².